The molecule has 0 saturated heterocycles. The third kappa shape index (κ3) is 5.43. The number of hydrogen-bond donors (Lipinski definition) is 2. The minimum absolute atomic E-state index is 0.124. The summed E-state index contributed by atoms with van der Waals surface area (Å²) in [7, 11) is 0. The largest absolute Gasteiger partial charge is 0.416 e. The lowest BCUT2D eigenvalue weighted by molar-refractivity contribution is -0.137. The zero-order valence-electron chi connectivity index (χ0n) is 15.0. The molecule has 29 heavy (non-hydrogen) atoms. The highest BCUT2D eigenvalue weighted by Gasteiger charge is 2.30. The number of aliphatic hydroxyl groups is 1. The zero-order valence-corrected chi connectivity index (χ0v) is 15.0. The van der Waals surface area contributed by atoms with Crippen LogP contribution in [-0.2, 0) is 12.8 Å². The number of carbonyl (C=O) groups excluding carboxylic acids is 1. The topological polar surface area (TPSA) is 62.2 Å². The van der Waals surface area contributed by atoms with E-state index in [1.165, 1.54) is 0 Å². The molecule has 0 atom stereocenters. The number of alkyl halides is 3. The van der Waals surface area contributed by atoms with Crippen molar-refractivity contribution in [2.75, 3.05) is 5.32 Å². The predicted octanol–water partition coefficient (Wildman–Crippen LogP) is 4.24. The monoisotopic (exact) mass is 396 g/mol. The maximum atomic E-state index is 12.6. The van der Waals surface area contributed by atoms with Gasteiger partial charge in [0.2, 0.25) is 0 Å². The first-order chi connectivity index (χ1) is 13.8. The van der Waals surface area contributed by atoms with Crippen molar-refractivity contribution in [1.82, 2.24) is 4.98 Å². The van der Waals surface area contributed by atoms with E-state index in [1.54, 1.807) is 42.6 Å². The Hall–Kier alpha value is -3.63. The van der Waals surface area contributed by atoms with Crippen LogP contribution in [-0.4, -0.2) is 16.0 Å². The standard InChI is InChI=1S/C22H15F3N2O2/c23-22(24,25)18-7-5-17(6-8-18)21(29)27-19-9-3-15(4-10-19)1-2-16-11-12-26-20(13-16)14-28/h3-13,28H,14H2,(H,27,29). The van der Waals surface area contributed by atoms with Gasteiger partial charge in [0, 0.05) is 28.6 Å². The van der Waals surface area contributed by atoms with Crippen molar-refractivity contribution < 1.29 is 23.1 Å². The first-order valence-electron chi connectivity index (χ1n) is 8.51. The van der Waals surface area contributed by atoms with Crippen molar-refractivity contribution in [3.05, 3.63) is 94.8 Å². The fourth-order valence-electron chi connectivity index (χ4n) is 2.44. The SMILES string of the molecule is O=C(Nc1ccc(C#Cc2ccnc(CO)c2)cc1)c1ccc(C(F)(F)F)cc1. The summed E-state index contributed by atoms with van der Waals surface area (Å²) >= 11 is 0. The van der Waals surface area contributed by atoms with Crippen LogP contribution in [0.3, 0.4) is 0 Å². The van der Waals surface area contributed by atoms with Crippen LogP contribution in [0.5, 0.6) is 0 Å². The number of hydrogen-bond acceptors (Lipinski definition) is 3. The number of nitrogens with one attached hydrogen (secondary N) is 1. The quantitative estimate of drug-likeness (QED) is 0.651. The third-order valence-electron chi connectivity index (χ3n) is 3.95. The molecule has 146 valence electrons. The first kappa shape index (κ1) is 20.1. The van der Waals surface area contributed by atoms with Gasteiger partial charge in [-0.15, -0.1) is 0 Å². The molecule has 2 N–H and O–H groups in total. The summed E-state index contributed by atoms with van der Waals surface area (Å²) in [6, 6.07) is 14.1. The highest BCUT2D eigenvalue weighted by Crippen LogP contribution is 2.29. The van der Waals surface area contributed by atoms with Gasteiger partial charge >= 0.3 is 6.18 Å². The molecule has 0 aliphatic rings. The molecule has 4 nitrogen and oxygen atoms in total. The van der Waals surface area contributed by atoms with Gasteiger partial charge in [0.05, 0.1) is 17.9 Å². The summed E-state index contributed by atoms with van der Waals surface area (Å²) in [6.07, 6.45) is -2.88. The smallest absolute Gasteiger partial charge is 0.390 e. The number of aliphatic hydroxyl groups excluding tert-OH is 1. The molecule has 0 fully saturated rings. The van der Waals surface area contributed by atoms with Gasteiger partial charge in [0.15, 0.2) is 0 Å². The van der Waals surface area contributed by atoms with Crippen molar-refractivity contribution >= 4 is 11.6 Å². The lowest BCUT2D eigenvalue weighted by Crippen LogP contribution is -2.12. The Morgan fingerprint density at radius 2 is 1.62 bits per heavy atom. The summed E-state index contributed by atoms with van der Waals surface area (Å²) in [5, 5.41) is 11.7. The second-order valence-corrected chi connectivity index (χ2v) is 6.05. The highest BCUT2D eigenvalue weighted by atomic mass is 19.4. The van der Waals surface area contributed by atoms with Crippen LogP contribution in [0.1, 0.15) is 32.7 Å². The van der Waals surface area contributed by atoms with Gasteiger partial charge in [-0.05, 0) is 60.7 Å². The van der Waals surface area contributed by atoms with E-state index in [9.17, 15) is 18.0 Å². The number of rotatable bonds is 3. The molecule has 0 bridgehead atoms. The number of carbonyl (C=O) groups is 1. The van der Waals surface area contributed by atoms with Gasteiger partial charge in [-0.3, -0.25) is 9.78 Å². The number of halogens is 3. The van der Waals surface area contributed by atoms with Gasteiger partial charge in [0.25, 0.3) is 5.91 Å². The van der Waals surface area contributed by atoms with Crippen LogP contribution < -0.4 is 5.32 Å². The van der Waals surface area contributed by atoms with E-state index in [1.807, 2.05) is 0 Å². The van der Waals surface area contributed by atoms with Gasteiger partial charge in [0.1, 0.15) is 0 Å². The second kappa shape index (κ2) is 8.59. The number of amides is 1. The van der Waals surface area contributed by atoms with Crippen LogP contribution in [0, 0.1) is 11.8 Å². The van der Waals surface area contributed by atoms with Crippen molar-refractivity contribution in [3.63, 3.8) is 0 Å². The molecule has 0 saturated carbocycles. The van der Waals surface area contributed by atoms with E-state index in [4.69, 9.17) is 5.11 Å². The Morgan fingerprint density at radius 1 is 0.966 bits per heavy atom. The fourth-order valence-corrected chi connectivity index (χ4v) is 2.44. The zero-order chi connectivity index (χ0) is 20.9. The van der Waals surface area contributed by atoms with Gasteiger partial charge in [-0.25, -0.2) is 0 Å². The highest BCUT2D eigenvalue weighted by molar-refractivity contribution is 6.04. The van der Waals surface area contributed by atoms with E-state index in [0.717, 1.165) is 24.3 Å². The van der Waals surface area contributed by atoms with Crippen LogP contribution in [0.2, 0.25) is 0 Å². The number of benzene rings is 2. The van der Waals surface area contributed by atoms with E-state index < -0.39 is 17.6 Å². The molecule has 0 spiro atoms. The molecule has 3 rings (SSSR count). The van der Waals surface area contributed by atoms with Gasteiger partial charge < -0.3 is 10.4 Å². The molecular weight excluding hydrogens is 381 g/mol. The Balaban J connectivity index is 1.66. The number of pyridine rings is 1. The third-order valence-corrected chi connectivity index (χ3v) is 3.95. The Kier molecular flexibility index (Phi) is 5.96. The first-order valence-corrected chi connectivity index (χ1v) is 8.51. The molecule has 1 heterocycles. The Labute approximate surface area is 165 Å². The molecule has 0 radical (unpaired) electrons. The molecule has 0 aliphatic carbocycles. The molecule has 3 aromatic rings. The van der Waals surface area contributed by atoms with E-state index in [0.29, 0.717) is 22.5 Å². The van der Waals surface area contributed by atoms with Crippen molar-refractivity contribution in [3.8, 4) is 11.8 Å². The molecular formula is C22H15F3N2O2. The average molecular weight is 396 g/mol. The van der Waals surface area contributed by atoms with Crippen molar-refractivity contribution in [1.29, 1.82) is 0 Å². The Morgan fingerprint density at radius 3 is 2.24 bits per heavy atom. The Bertz CT molecular complexity index is 1060. The molecule has 0 aliphatic heterocycles. The van der Waals surface area contributed by atoms with E-state index in [-0.39, 0.29) is 12.2 Å². The maximum absolute atomic E-state index is 12.6. The van der Waals surface area contributed by atoms with Crippen molar-refractivity contribution in [2.24, 2.45) is 0 Å². The lowest BCUT2D eigenvalue weighted by Gasteiger charge is -2.08. The fraction of sp³-hybridized carbons (Fsp3) is 0.0909. The number of anilines is 1. The minimum atomic E-state index is -4.44. The molecule has 0 unspecified atom stereocenters. The number of aromatic nitrogens is 1. The van der Waals surface area contributed by atoms with Crippen LogP contribution in [0.25, 0.3) is 0 Å². The van der Waals surface area contributed by atoms with E-state index in [2.05, 4.69) is 22.1 Å². The summed E-state index contributed by atoms with van der Waals surface area (Å²) in [5.41, 5.74) is 1.75. The second-order valence-electron chi connectivity index (χ2n) is 6.05. The summed E-state index contributed by atoms with van der Waals surface area (Å²) in [6.45, 7) is -0.164. The van der Waals surface area contributed by atoms with Crippen LogP contribution in [0.15, 0.2) is 66.9 Å². The lowest BCUT2D eigenvalue weighted by atomic mass is 10.1. The van der Waals surface area contributed by atoms with Gasteiger partial charge in [-0.1, -0.05) is 11.8 Å². The summed E-state index contributed by atoms with van der Waals surface area (Å²) < 4.78 is 37.8. The minimum Gasteiger partial charge on any atom is -0.390 e. The van der Waals surface area contributed by atoms with Crippen LogP contribution in [0.4, 0.5) is 18.9 Å². The number of nitrogens with zero attached hydrogens (tertiary/aromatic N) is 1. The van der Waals surface area contributed by atoms with Crippen LogP contribution >= 0.6 is 0 Å². The van der Waals surface area contributed by atoms with Crippen molar-refractivity contribution in [2.45, 2.75) is 12.8 Å². The molecule has 1 aromatic heterocycles. The van der Waals surface area contributed by atoms with E-state index >= 15 is 0 Å². The summed E-state index contributed by atoms with van der Waals surface area (Å²) in [4.78, 5) is 16.2. The maximum Gasteiger partial charge on any atom is 0.416 e. The normalized spacial score (nSPS) is 10.8. The summed E-state index contributed by atoms with van der Waals surface area (Å²) in [5.74, 6) is 5.42. The molecule has 1 amide bonds. The average Bonchev–Trinajstić information content (AvgIpc) is 2.73. The predicted molar refractivity (Wildman–Crippen MR) is 102 cm³/mol. The molecule has 2 aromatic carbocycles. The molecule has 7 heteroatoms. The van der Waals surface area contributed by atoms with Gasteiger partial charge in [-0.2, -0.15) is 13.2 Å².